The molecule has 0 amide bonds. The molecule has 24 heavy (non-hydrogen) atoms. The van der Waals surface area contributed by atoms with E-state index in [9.17, 15) is 13.2 Å². The van der Waals surface area contributed by atoms with Crippen LogP contribution in [0.1, 0.15) is 37.8 Å². The van der Waals surface area contributed by atoms with Gasteiger partial charge in [-0.1, -0.05) is 36.4 Å². The van der Waals surface area contributed by atoms with Crippen LogP contribution in [0.25, 0.3) is 0 Å². The average Bonchev–Trinajstić information content (AvgIpc) is 2.54. The Morgan fingerprint density at radius 2 is 1.42 bits per heavy atom. The molecule has 0 fully saturated rings. The Labute approximate surface area is 142 Å². The second kappa shape index (κ2) is 5.74. The summed E-state index contributed by atoms with van der Waals surface area (Å²) in [4.78, 5) is 12.7. The molecule has 0 N–H and O–H groups in total. The lowest BCUT2D eigenvalue weighted by Crippen LogP contribution is -2.27. The molecule has 0 aromatic heterocycles. The van der Waals surface area contributed by atoms with Gasteiger partial charge in [-0.2, -0.15) is 0 Å². The minimum absolute atomic E-state index is 0.125. The highest BCUT2D eigenvalue weighted by Gasteiger charge is 2.36. The number of hydrogen-bond donors (Lipinski definition) is 0. The largest absolute Gasteiger partial charge is 0.464 e. The summed E-state index contributed by atoms with van der Waals surface area (Å²) in [6.07, 6.45) is 0. The first-order chi connectivity index (χ1) is 11.2. The summed E-state index contributed by atoms with van der Waals surface area (Å²) in [5.41, 5.74) is 0.760. The van der Waals surface area contributed by atoms with Crippen LogP contribution in [0, 0.1) is 5.41 Å². The molecule has 4 nitrogen and oxygen atoms in total. The van der Waals surface area contributed by atoms with Crippen molar-refractivity contribution < 1.29 is 17.9 Å². The number of fused-ring (bicyclic) bond motifs is 2. The molecule has 1 aliphatic heterocycles. The Balaban J connectivity index is 2.06. The van der Waals surface area contributed by atoms with Gasteiger partial charge < -0.3 is 4.74 Å². The fourth-order valence-corrected chi connectivity index (χ4v) is 4.66. The van der Waals surface area contributed by atoms with Gasteiger partial charge in [0, 0.05) is 5.92 Å². The van der Waals surface area contributed by atoms with E-state index in [0.717, 1.165) is 0 Å². The summed E-state index contributed by atoms with van der Waals surface area (Å²) in [5, 5.41) is 0. The van der Waals surface area contributed by atoms with Gasteiger partial charge in [0.15, 0.2) is 0 Å². The highest BCUT2D eigenvalue weighted by Crippen LogP contribution is 2.41. The lowest BCUT2D eigenvalue weighted by Gasteiger charge is -2.28. The first-order valence-corrected chi connectivity index (χ1v) is 9.31. The van der Waals surface area contributed by atoms with E-state index in [1.807, 2.05) is 0 Å². The van der Waals surface area contributed by atoms with Gasteiger partial charge in [0.25, 0.3) is 0 Å². The first kappa shape index (κ1) is 16.7. The van der Waals surface area contributed by atoms with Crippen molar-refractivity contribution in [2.75, 3.05) is 6.61 Å². The van der Waals surface area contributed by atoms with Gasteiger partial charge in [0.2, 0.25) is 9.84 Å². The second-order valence-electron chi connectivity index (χ2n) is 6.98. The zero-order valence-electron chi connectivity index (χ0n) is 13.9. The Bertz CT molecular complexity index is 838. The van der Waals surface area contributed by atoms with Crippen LogP contribution in [0.4, 0.5) is 0 Å². The van der Waals surface area contributed by atoms with Crippen molar-refractivity contribution in [1.82, 2.24) is 0 Å². The van der Waals surface area contributed by atoms with Crippen molar-refractivity contribution in [3.8, 4) is 0 Å². The van der Waals surface area contributed by atoms with Crippen molar-refractivity contribution >= 4 is 15.8 Å². The molecule has 126 valence electrons. The number of sulfone groups is 1. The molecule has 0 aliphatic carbocycles. The number of hydrogen-bond acceptors (Lipinski definition) is 4. The summed E-state index contributed by atoms with van der Waals surface area (Å²) in [5.74, 6) is -0.585. The van der Waals surface area contributed by atoms with Crippen molar-refractivity contribution in [2.24, 2.45) is 5.41 Å². The molecule has 0 saturated carbocycles. The molecule has 0 radical (unpaired) electrons. The predicted molar refractivity (Wildman–Crippen MR) is 90.6 cm³/mol. The standard InChI is InChI=1S/C19H20O4S/c1-19(2,3)18(20)23-12-15-13-8-4-6-10-16(13)24(21,22)17-11-7-5-9-14(15)17/h4-11,15H,12H2,1-3H3. The van der Waals surface area contributed by atoms with Gasteiger partial charge in [-0.15, -0.1) is 0 Å². The van der Waals surface area contributed by atoms with E-state index >= 15 is 0 Å². The van der Waals surface area contributed by atoms with Crippen LogP contribution in [0.15, 0.2) is 58.3 Å². The maximum absolute atomic E-state index is 12.8. The highest BCUT2D eigenvalue weighted by molar-refractivity contribution is 7.91. The fourth-order valence-electron chi connectivity index (χ4n) is 2.87. The van der Waals surface area contributed by atoms with Crippen LogP contribution in [0.5, 0.6) is 0 Å². The summed E-state index contributed by atoms with van der Waals surface area (Å²) in [6, 6.07) is 13.8. The smallest absolute Gasteiger partial charge is 0.311 e. The van der Waals surface area contributed by atoms with Gasteiger partial charge in [0.1, 0.15) is 6.61 Å². The van der Waals surface area contributed by atoms with Crippen LogP contribution in [0.2, 0.25) is 0 Å². The Kier molecular flexibility index (Phi) is 4.00. The molecule has 0 atom stereocenters. The Hall–Kier alpha value is -2.14. The molecule has 2 aromatic rings. The third-order valence-corrected chi connectivity index (χ3v) is 6.06. The van der Waals surface area contributed by atoms with E-state index in [0.29, 0.717) is 20.9 Å². The number of esters is 1. The van der Waals surface area contributed by atoms with Gasteiger partial charge in [-0.25, -0.2) is 8.42 Å². The SMILES string of the molecule is CC(C)(C)C(=O)OCC1c2ccccc2S(=O)(=O)c2ccccc21. The molecule has 2 aromatic carbocycles. The van der Waals surface area contributed by atoms with Crippen LogP contribution in [-0.4, -0.2) is 21.0 Å². The maximum Gasteiger partial charge on any atom is 0.311 e. The molecular formula is C19H20O4S. The summed E-state index contributed by atoms with van der Waals surface area (Å²) in [6.45, 7) is 5.51. The van der Waals surface area contributed by atoms with Crippen molar-refractivity contribution in [1.29, 1.82) is 0 Å². The molecule has 5 heteroatoms. The van der Waals surface area contributed by atoms with Crippen LogP contribution in [-0.2, 0) is 19.4 Å². The Morgan fingerprint density at radius 1 is 0.958 bits per heavy atom. The predicted octanol–water partition coefficient (Wildman–Crippen LogP) is 3.55. The minimum Gasteiger partial charge on any atom is -0.464 e. The zero-order chi connectivity index (χ0) is 17.5. The summed E-state index contributed by atoms with van der Waals surface area (Å²) >= 11 is 0. The van der Waals surface area contributed by atoms with E-state index in [-0.39, 0.29) is 18.5 Å². The molecule has 1 aliphatic rings. The molecule has 0 saturated heterocycles. The lowest BCUT2D eigenvalue weighted by atomic mass is 9.91. The van der Waals surface area contributed by atoms with Crippen molar-refractivity contribution in [3.63, 3.8) is 0 Å². The minimum atomic E-state index is -3.54. The van der Waals surface area contributed by atoms with Crippen LogP contribution < -0.4 is 0 Å². The Morgan fingerprint density at radius 3 is 1.88 bits per heavy atom. The van der Waals surface area contributed by atoms with Gasteiger partial charge >= 0.3 is 5.97 Å². The highest BCUT2D eigenvalue weighted by atomic mass is 32.2. The number of rotatable bonds is 2. The molecule has 3 rings (SSSR count). The van der Waals surface area contributed by atoms with E-state index in [4.69, 9.17) is 4.74 Å². The molecule has 1 heterocycles. The summed E-state index contributed by atoms with van der Waals surface area (Å²) in [7, 11) is -3.54. The molecule has 0 spiro atoms. The number of ether oxygens (including phenoxy) is 1. The van der Waals surface area contributed by atoms with E-state index < -0.39 is 15.3 Å². The van der Waals surface area contributed by atoms with E-state index in [1.165, 1.54) is 0 Å². The van der Waals surface area contributed by atoms with Crippen molar-refractivity contribution in [3.05, 3.63) is 59.7 Å². The van der Waals surface area contributed by atoms with Crippen LogP contribution in [0.3, 0.4) is 0 Å². The third-order valence-electron chi connectivity index (χ3n) is 4.16. The quantitative estimate of drug-likeness (QED) is 0.782. The summed E-state index contributed by atoms with van der Waals surface area (Å²) < 4.78 is 31.2. The monoisotopic (exact) mass is 344 g/mol. The lowest BCUT2D eigenvalue weighted by molar-refractivity contribution is -0.153. The first-order valence-electron chi connectivity index (χ1n) is 7.83. The maximum atomic E-state index is 12.8. The second-order valence-corrected chi connectivity index (χ2v) is 8.87. The third kappa shape index (κ3) is 2.73. The van der Waals surface area contributed by atoms with E-state index in [1.54, 1.807) is 69.3 Å². The van der Waals surface area contributed by atoms with Crippen molar-refractivity contribution in [2.45, 2.75) is 36.5 Å². The average molecular weight is 344 g/mol. The van der Waals surface area contributed by atoms with Gasteiger partial charge in [0.05, 0.1) is 15.2 Å². The number of carbonyl (C=O) groups is 1. The zero-order valence-corrected chi connectivity index (χ0v) is 14.8. The fraction of sp³-hybridized carbons (Fsp3) is 0.316. The number of benzene rings is 2. The van der Waals surface area contributed by atoms with Gasteiger partial charge in [-0.05, 0) is 44.0 Å². The van der Waals surface area contributed by atoms with Crippen LogP contribution >= 0.6 is 0 Å². The van der Waals surface area contributed by atoms with E-state index in [2.05, 4.69) is 0 Å². The topological polar surface area (TPSA) is 60.4 Å². The molecule has 0 unspecified atom stereocenters. The van der Waals surface area contributed by atoms with Gasteiger partial charge in [-0.3, -0.25) is 4.79 Å². The molecular weight excluding hydrogens is 324 g/mol. The number of carbonyl (C=O) groups excluding carboxylic acids is 1. The normalized spacial score (nSPS) is 16.1. The molecule has 0 bridgehead atoms.